The molecule has 0 saturated heterocycles. The van der Waals surface area contributed by atoms with Crippen LogP contribution in [0.25, 0.3) is 22.6 Å². The molecule has 2 N–H and O–H groups in total. The first-order valence-corrected chi connectivity index (χ1v) is 8.84. The molecular weight excluding hydrogens is 346 g/mol. The minimum atomic E-state index is -0.131. The predicted molar refractivity (Wildman–Crippen MR) is 108 cm³/mol. The molecule has 1 heterocycles. The summed E-state index contributed by atoms with van der Waals surface area (Å²) < 4.78 is 5.89. The van der Waals surface area contributed by atoms with Crippen LogP contribution in [0.1, 0.15) is 25.0 Å². The lowest BCUT2D eigenvalue weighted by Crippen LogP contribution is -2.36. The molecule has 26 heavy (non-hydrogen) atoms. The van der Waals surface area contributed by atoms with Crippen LogP contribution in [-0.4, -0.2) is 16.0 Å². The molecule has 2 aromatic carbocycles. The van der Waals surface area contributed by atoms with Crippen molar-refractivity contribution < 1.29 is 9.21 Å². The molecule has 0 aliphatic carbocycles. The number of benzene rings is 2. The molecule has 1 amide bonds. The highest BCUT2D eigenvalue weighted by Gasteiger charge is 2.12. The molecule has 0 spiro atoms. The van der Waals surface area contributed by atoms with Crippen molar-refractivity contribution >= 4 is 40.0 Å². The molecule has 0 saturated carbocycles. The van der Waals surface area contributed by atoms with Crippen molar-refractivity contribution in [3.05, 3.63) is 47.5 Å². The molecule has 0 atom stereocenters. The van der Waals surface area contributed by atoms with Crippen molar-refractivity contribution in [2.75, 3.05) is 5.32 Å². The second-order valence-electron chi connectivity index (χ2n) is 6.62. The number of hydrogen-bond donors (Lipinski definition) is 2. The van der Waals surface area contributed by atoms with Gasteiger partial charge in [0.25, 0.3) is 0 Å². The van der Waals surface area contributed by atoms with Gasteiger partial charge in [0.2, 0.25) is 11.8 Å². The van der Waals surface area contributed by atoms with Gasteiger partial charge in [-0.15, -0.1) is 0 Å². The van der Waals surface area contributed by atoms with Crippen LogP contribution in [0.3, 0.4) is 0 Å². The maximum absolute atomic E-state index is 11.7. The average Bonchev–Trinajstić information content (AvgIpc) is 2.97. The number of rotatable bonds is 3. The van der Waals surface area contributed by atoms with E-state index in [1.807, 2.05) is 51.1 Å². The Morgan fingerprint density at radius 3 is 2.62 bits per heavy atom. The normalized spacial score (nSPS) is 11.0. The molecule has 0 aliphatic heterocycles. The summed E-state index contributed by atoms with van der Waals surface area (Å²) in [5.74, 6) is 0.334. The number of aromatic nitrogens is 1. The molecule has 3 rings (SSSR count). The van der Waals surface area contributed by atoms with Gasteiger partial charge in [-0.25, -0.2) is 4.98 Å². The summed E-state index contributed by atoms with van der Waals surface area (Å²) in [6.07, 6.45) is 0. The van der Waals surface area contributed by atoms with Gasteiger partial charge in [-0.05, 0) is 55.9 Å². The molecule has 0 radical (unpaired) electrons. The second kappa shape index (κ2) is 7.25. The molecular formula is C20H21N3O2S. The van der Waals surface area contributed by atoms with Gasteiger partial charge in [-0.1, -0.05) is 31.5 Å². The van der Waals surface area contributed by atoms with E-state index in [1.54, 1.807) is 0 Å². The van der Waals surface area contributed by atoms with E-state index in [4.69, 9.17) is 16.6 Å². The first kappa shape index (κ1) is 18.1. The van der Waals surface area contributed by atoms with Crippen LogP contribution < -0.4 is 10.6 Å². The number of nitrogens with zero attached hydrogens (tertiary/aromatic N) is 1. The zero-order valence-electron chi connectivity index (χ0n) is 15.2. The summed E-state index contributed by atoms with van der Waals surface area (Å²) in [6.45, 7) is 7.73. The van der Waals surface area contributed by atoms with Crippen LogP contribution in [0.5, 0.6) is 0 Å². The maximum atomic E-state index is 11.7. The van der Waals surface area contributed by atoms with Crippen molar-refractivity contribution in [2.24, 2.45) is 5.92 Å². The van der Waals surface area contributed by atoms with Crippen LogP contribution in [-0.2, 0) is 4.79 Å². The minimum absolute atomic E-state index is 0.123. The third kappa shape index (κ3) is 3.91. The van der Waals surface area contributed by atoms with Crippen molar-refractivity contribution in [2.45, 2.75) is 27.7 Å². The zero-order valence-corrected chi connectivity index (χ0v) is 16.0. The monoisotopic (exact) mass is 367 g/mol. The fourth-order valence-corrected chi connectivity index (χ4v) is 2.81. The smallest absolute Gasteiger partial charge is 0.228 e. The van der Waals surface area contributed by atoms with Gasteiger partial charge in [-0.3, -0.25) is 4.79 Å². The van der Waals surface area contributed by atoms with E-state index in [9.17, 15) is 4.79 Å². The molecule has 0 aliphatic rings. The molecule has 0 unspecified atom stereocenters. The van der Waals surface area contributed by atoms with Crippen molar-refractivity contribution in [1.82, 2.24) is 10.3 Å². The predicted octanol–water partition coefficient (Wildman–Crippen LogP) is 4.58. The lowest BCUT2D eigenvalue weighted by atomic mass is 10.1. The maximum Gasteiger partial charge on any atom is 0.228 e. The first-order valence-electron chi connectivity index (χ1n) is 8.43. The Kier molecular flexibility index (Phi) is 5.04. The highest BCUT2D eigenvalue weighted by atomic mass is 32.1. The molecule has 6 heteroatoms. The van der Waals surface area contributed by atoms with Gasteiger partial charge in [0.15, 0.2) is 10.7 Å². The Bertz CT molecular complexity index is 992. The SMILES string of the molecule is Cc1ccc(-c2nc3cc(NC(=S)NC(=O)C(C)C)ccc3o2)c(C)c1. The summed E-state index contributed by atoms with van der Waals surface area (Å²) in [4.78, 5) is 16.3. The number of nitrogens with one attached hydrogen (secondary N) is 2. The number of amides is 1. The highest BCUT2D eigenvalue weighted by molar-refractivity contribution is 7.80. The second-order valence-corrected chi connectivity index (χ2v) is 7.03. The third-order valence-corrected chi connectivity index (χ3v) is 4.22. The van der Waals surface area contributed by atoms with Gasteiger partial charge in [0, 0.05) is 17.2 Å². The van der Waals surface area contributed by atoms with E-state index in [0.29, 0.717) is 11.5 Å². The van der Waals surface area contributed by atoms with Crippen molar-refractivity contribution in [3.8, 4) is 11.5 Å². The number of fused-ring (bicyclic) bond motifs is 1. The molecule has 0 bridgehead atoms. The molecule has 134 valence electrons. The van der Waals surface area contributed by atoms with E-state index < -0.39 is 0 Å². The Morgan fingerprint density at radius 2 is 1.92 bits per heavy atom. The molecule has 5 nitrogen and oxygen atoms in total. The number of hydrogen-bond acceptors (Lipinski definition) is 4. The van der Waals surface area contributed by atoms with Gasteiger partial charge >= 0.3 is 0 Å². The van der Waals surface area contributed by atoms with Crippen molar-refractivity contribution in [3.63, 3.8) is 0 Å². The minimum Gasteiger partial charge on any atom is -0.436 e. The van der Waals surface area contributed by atoms with E-state index in [1.165, 1.54) is 5.56 Å². The fourth-order valence-electron chi connectivity index (χ4n) is 2.59. The average molecular weight is 367 g/mol. The third-order valence-electron chi connectivity index (χ3n) is 4.02. The summed E-state index contributed by atoms with van der Waals surface area (Å²) >= 11 is 5.18. The quantitative estimate of drug-likeness (QED) is 0.663. The number of carbonyl (C=O) groups is 1. The summed E-state index contributed by atoms with van der Waals surface area (Å²) in [5, 5.41) is 5.93. The molecule has 3 aromatic rings. The molecule has 0 fully saturated rings. The number of carbonyl (C=O) groups excluding carboxylic acids is 1. The molecule has 1 aromatic heterocycles. The van der Waals surface area contributed by atoms with E-state index in [2.05, 4.69) is 28.6 Å². The Hall–Kier alpha value is -2.73. The van der Waals surface area contributed by atoms with Gasteiger partial charge in [-0.2, -0.15) is 0 Å². The lowest BCUT2D eigenvalue weighted by Gasteiger charge is -2.10. The standard InChI is InChI=1S/C20H21N3O2S/c1-11(2)18(24)23-20(26)21-14-6-8-17-16(10-14)22-19(25-17)15-7-5-12(3)9-13(15)4/h5-11H,1-4H3,(H2,21,23,24,26). The van der Waals surface area contributed by atoms with Crippen LogP contribution in [0, 0.1) is 19.8 Å². The van der Waals surface area contributed by atoms with Crippen molar-refractivity contribution in [1.29, 1.82) is 0 Å². The van der Waals surface area contributed by atoms with E-state index in [0.717, 1.165) is 22.3 Å². The van der Waals surface area contributed by atoms with Crippen LogP contribution >= 0.6 is 12.2 Å². The van der Waals surface area contributed by atoms with Crippen LogP contribution in [0.4, 0.5) is 5.69 Å². The topological polar surface area (TPSA) is 67.2 Å². The Morgan fingerprint density at radius 1 is 1.15 bits per heavy atom. The lowest BCUT2D eigenvalue weighted by molar-refractivity contribution is -0.122. The number of aryl methyl sites for hydroxylation is 2. The van der Waals surface area contributed by atoms with E-state index in [-0.39, 0.29) is 16.9 Å². The van der Waals surface area contributed by atoms with Crippen LogP contribution in [0.2, 0.25) is 0 Å². The van der Waals surface area contributed by atoms with Gasteiger partial charge in [0.05, 0.1) is 0 Å². The largest absolute Gasteiger partial charge is 0.436 e. The fraction of sp³-hybridized carbons (Fsp3) is 0.250. The highest BCUT2D eigenvalue weighted by Crippen LogP contribution is 2.28. The Labute approximate surface area is 157 Å². The van der Waals surface area contributed by atoms with E-state index >= 15 is 0 Å². The summed E-state index contributed by atoms with van der Waals surface area (Å²) in [7, 11) is 0. The first-order chi connectivity index (χ1) is 12.3. The number of oxazole rings is 1. The summed E-state index contributed by atoms with van der Waals surface area (Å²) in [5.41, 5.74) is 5.46. The zero-order chi connectivity index (χ0) is 18.8. The Balaban J connectivity index is 1.83. The van der Waals surface area contributed by atoms with Crippen LogP contribution in [0.15, 0.2) is 40.8 Å². The van der Waals surface area contributed by atoms with Gasteiger partial charge in [0.1, 0.15) is 5.52 Å². The van der Waals surface area contributed by atoms with Gasteiger partial charge < -0.3 is 15.1 Å². The number of thiocarbonyl (C=S) groups is 1. The number of anilines is 1. The summed E-state index contributed by atoms with van der Waals surface area (Å²) in [6, 6.07) is 11.7.